The molecule has 0 unspecified atom stereocenters. The third-order valence-corrected chi connectivity index (χ3v) is 5.12. The molecule has 6 heteroatoms. The summed E-state index contributed by atoms with van der Waals surface area (Å²) in [7, 11) is 3.29. The molecule has 0 radical (unpaired) electrons. The normalized spacial score (nSPS) is 12.6. The fraction of sp³-hybridized carbons (Fsp3) is 0.250. The highest BCUT2D eigenvalue weighted by atomic mass is 35.5. The van der Waals surface area contributed by atoms with Crippen molar-refractivity contribution in [1.82, 2.24) is 9.78 Å². The molecular weight excluding hydrogens is 350 g/mol. The average molecular weight is 370 g/mol. The van der Waals surface area contributed by atoms with E-state index in [0.29, 0.717) is 11.5 Å². The van der Waals surface area contributed by atoms with Crippen LogP contribution in [-0.2, 0) is 6.42 Å². The summed E-state index contributed by atoms with van der Waals surface area (Å²) in [6, 6.07) is 11.8. The fourth-order valence-corrected chi connectivity index (χ4v) is 3.54. The van der Waals surface area contributed by atoms with Gasteiger partial charge in [-0.15, -0.1) is 0 Å². The zero-order valence-electron chi connectivity index (χ0n) is 15.0. The van der Waals surface area contributed by atoms with Crippen molar-refractivity contribution in [2.24, 2.45) is 0 Å². The predicted octanol–water partition coefficient (Wildman–Crippen LogP) is 4.49. The minimum atomic E-state index is 0.691. The lowest BCUT2D eigenvalue weighted by Gasteiger charge is -2.12. The van der Waals surface area contributed by atoms with Gasteiger partial charge in [0.1, 0.15) is 11.5 Å². The van der Waals surface area contributed by atoms with Crippen LogP contribution in [0.3, 0.4) is 0 Å². The van der Waals surface area contributed by atoms with E-state index in [1.54, 1.807) is 14.2 Å². The Hall–Kier alpha value is -2.66. The number of hydrogen-bond acceptors (Lipinski definition) is 4. The lowest BCUT2D eigenvalue weighted by molar-refractivity contribution is 0.356. The molecule has 4 rings (SSSR count). The quantitative estimate of drug-likeness (QED) is 0.736. The Labute approximate surface area is 157 Å². The van der Waals surface area contributed by atoms with Crippen LogP contribution in [0.15, 0.2) is 36.4 Å². The minimum absolute atomic E-state index is 0.691. The first kappa shape index (κ1) is 16.8. The lowest BCUT2D eigenvalue weighted by atomic mass is 10.1. The first-order valence-corrected chi connectivity index (χ1v) is 8.85. The largest absolute Gasteiger partial charge is 0.493 e. The van der Waals surface area contributed by atoms with Crippen molar-refractivity contribution in [2.45, 2.75) is 13.3 Å². The van der Waals surface area contributed by atoms with Gasteiger partial charge in [-0.1, -0.05) is 23.7 Å². The topological polar surface area (TPSA) is 48.3 Å². The van der Waals surface area contributed by atoms with Crippen LogP contribution in [0.5, 0.6) is 11.5 Å². The molecule has 1 aliphatic heterocycles. The Morgan fingerprint density at radius 3 is 2.73 bits per heavy atom. The molecule has 0 bridgehead atoms. The number of ether oxygens (including phenoxy) is 2. The fourth-order valence-electron chi connectivity index (χ4n) is 3.37. The van der Waals surface area contributed by atoms with E-state index in [1.807, 2.05) is 48.0 Å². The van der Waals surface area contributed by atoms with Crippen molar-refractivity contribution >= 4 is 17.4 Å². The molecule has 0 saturated heterocycles. The summed E-state index contributed by atoms with van der Waals surface area (Å²) in [5.41, 5.74) is 4.97. The SMILES string of the molecule is COc1cccc(-c2nn(-c3ccc(C)c(Cl)c3)c3c2CCN3)c1OC. The molecule has 0 amide bonds. The van der Waals surface area contributed by atoms with Crippen LogP contribution in [0, 0.1) is 6.92 Å². The summed E-state index contributed by atoms with van der Waals surface area (Å²) in [6.07, 6.45) is 0.907. The van der Waals surface area contributed by atoms with Gasteiger partial charge in [-0.2, -0.15) is 5.10 Å². The Bertz CT molecular complexity index is 981. The zero-order valence-corrected chi connectivity index (χ0v) is 15.7. The van der Waals surface area contributed by atoms with Gasteiger partial charge in [-0.05, 0) is 43.2 Å². The molecule has 3 aromatic rings. The number of aryl methyl sites for hydroxylation is 1. The van der Waals surface area contributed by atoms with Crippen LogP contribution < -0.4 is 14.8 Å². The zero-order chi connectivity index (χ0) is 18.3. The number of nitrogens with zero attached hydrogens (tertiary/aromatic N) is 2. The molecular formula is C20H20ClN3O2. The van der Waals surface area contributed by atoms with E-state index < -0.39 is 0 Å². The Balaban J connectivity index is 1.91. The van der Waals surface area contributed by atoms with Gasteiger partial charge >= 0.3 is 0 Å². The number of aromatic nitrogens is 2. The molecule has 5 nitrogen and oxygen atoms in total. The van der Waals surface area contributed by atoms with Gasteiger partial charge < -0.3 is 14.8 Å². The van der Waals surface area contributed by atoms with E-state index in [4.69, 9.17) is 26.2 Å². The van der Waals surface area contributed by atoms with E-state index in [1.165, 1.54) is 5.56 Å². The minimum Gasteiger partial charge on any atom is -0.493 e. The van der Waals surface area contributed by atoms with Crippen LogP contribution in [0.1, 0.15) is 11.1 Å². The summed E-state index contributed by atoms with van der Waals surface area (Å²) in [5, 5.41) is 9.06. The van der Waals surface area contributed by atoms with Gasteiger partial charge in [0.05, 0.1) is 19.9 Å². The number of anilines is 1. The second kappa shape index (κ2) is 6.57. The molecule has 1 N–H and O–H groups in total. The van der Waals surface area contributed by atoms with Gasteiger partial charge in [0.2, 0.25) is 0 Å². The van der Waals surface area contributed by atoms with E-state index >= 15 is 0 Å². The predicted molar refractivity (Wildman–Crippen MR) is 104 cm³/mol. The smallest absolute Gasteiger partial charge is 0.170 e. The number of methoxy groups -OCH3 is 2. The number of para-hydroxylation sites is 1. The van der Waals surface area contributed by atoms with Crippen molar-refractivity contribution in [3.8, 4) is 28.4 Å². The molecule has 1 aromatic heterocycles. The van der Waals surface area contributed by atoms with E-state index in [2.05, 4.69) is 5.32 Å². The number of halogens is 1. The summed E-state index contributed by atoms with van der Waals surface area (Å²) in [5.74, 6) is 2.39. The van der Waals surface area contributed by atoms with Crippen molar-refractivity contribution in [2.75, 3.05) is 26.1 Å². The van der Waals surface area contributed by atoms with E-state index in [9.17, 15) is 0 Å². The second-order valence-electron chi connectivity index (χ2n) is 6.24. The first-order chi connectivity index (χ1) is 12.6. The van der Waals surface area contributed by atoms with Crippen LogP contribution in [-0.4, -0.2) is 30.5 Å². The Kier molecular flexibility index (Phi) is 4.24. The third kappa shape index (κ3) is 2.59. The molecule has 0 atom stereocenters. The highest BCUT2D eigenvalue weighted by Crippen LogP contribution is 2.42. The summed E-state index contributed by atoms with van der Waals surface area (Å²) < 4.78 is 13.0. The first-order valence-electron chi connectivity index (χ1n) is 8.47. The monoisotopic (exact) mass is 369 g/mol. The third-order valence-electron chi connectivity index (χ3n) is 4.71. The van der Waals surface area contributed by atoms with Crippen molar-refractivity contribution < 1.29 is 9.47 Å². The van der Waals surface area contributed by atoms with Crippen LogP contribution >= 0.6 is 11.6 Å². The summed E-state index contributed by atoms with van der Waals surface area (Å²) in [6.45, 7) is 2.87. The van der Waals surface area contributed by atoms with Crippen molar-refractivity contribution in [3.05, 3.63) is 52.5 Å². The number of nitrogens with one attached hydrogen (secondary N) is 1. The molecule has 1 aliphatic rings. The van der Waals surface area contributed by atoms with Crippen LogP contribution in [0.25, 0.3) is 16.9 Å². The van der Waals surface area contributed by atoms with E-state index in [0.717, 1.165) is 46.3 Å². The molecule has 0 aliphatic carbocycles. The molecule has 0 saturated carbocycles. The van der Waals surface area contributed by atoms with Gasteiger partial charge in [0.25, 0.3) is 0 Å². The summed E-state index contributed by atoms with van der Waals surface area (Å²) in [4.78, 5) is 0. The maximum absolute atomic E-state index is 6.33. The number of rotatable bonds is 4. The van der Waals surface area contributed by atoms with Crippen molar-refractivity contribution in [1.29, 1.82) is 0 Å². The maximum atomic E-state index is 6.33. The van der Waals surface area contributed by atoms with Crippen molar-refractivity contribution in [3.63, 3.8) is 0 Å². The van der Waals surface area contributed by atoms with E-state index in [-0.39, 0.29) is 0 Å². The lowest BCUT2D eigenvalue weighted by Crippen LogP contribution is -2.04. The maximum Gasteiger partial charge on any atom is 0.170 e. The highest BCUT2D eigenvalue weighted by molar-refractivity contribution is 6.31. The summed E-state index contributed by atoms with van der Waals surface area (Å²) >= 11 is 6.33. The molecule has 2 heterocycles. The molecule has 0 spiro atoms. The van der Waals surface area contributed by atoms with Gasteiger partial charge in [0, 0.05) is 22.7 Å². The van der Waals surface area contributed by atoms with Crippen LogP contribution in [0.2, 0.25) is 5.02 Å². The van der Waals surface area contributed by atoms with Gasteiger partial charge in [-0.3, -0.25) is 0 Å². The number of hydrogen-bond donors (Lipinski definition) is 1. The number of fused-ring (bicyclic) bond motifs is 1. The molecule has 26 heavy (non-hydrogen) atoms. The van der Waals surface area contributed by atoms with Gasteiger partial charge in [0.15, 0.2) is 11.5 Å². The second-order valence-corrected chi connectivity index (χ2v) is 6.65. The molecule has 134 valence electrons. The standard InChI is InChI=1S/C20H20ClN3O2/c1-12-7-8-13(11-16(12)21)24-20-15(9-10-22-20)18(23-24)14-5-4-6-17(25-2)19(14)26-3/h4-8,11,22H,9-10H2,1-3H3. The highest BCUT2D eigenvalue weighted by Gasteiger charge is 2.26. The van der Waals surface area contributed by atoms with Gasteiger partial charge in [-0.25, -0.2) is 4.68 Å². The molecule has 0 fully saturated rings. The number of benzene rings is 2. The molecule has 2 aromatic carbocycles. The Morgan fingerprint density at radius 1 is 1.15 bits per heavy atom. The Morgan fingerprint density at radius 2 is 2.00 bits per heavy atom. The average Bonchev–Trinajstić information content (AvgIpc) is 3.26. The van der Waals surface area contributed by atoms with Crippen LogP contribution in [0.4, 0.5) is 5.82 Å².